The maximum absolute atomic E-state index is 12.1. The minimum absolute atomic E-state index is 0.0782. The fourth-order valence-electron chi connectivity index (χ4n) is 2.49. The van der Waals surface area contributed by atoms with Crippen molar-refractivity contribution in [3.8, 4) is 0 Å². The molecule has 1 amide bonds. The largest absolute Gasteiger partial charge is 0.458 e. The zero-order valence-electron chi connectivity index (χ0n) is 12.0. The third-order valence-corrected chi connectivity index (χ3v) is 3.84. The molecule has 2 rings (SSSR count). The van der Waals surface area contributed by atoms with Crippen LogP contribution in [-0.2, 0) is 14.3 Å². The van der Waals surface area contributed by atoms with Crippen LogP contribution in [0.1, 0.15) is 38.4 Å². The summed E-state index contributed by atoms with van der Waals surface area (Å²) in [4.78, 5) is 25.2. The zero-order chi connectivity index (χ0) is 14.5. The Balaban J connectivity index is 1.85. The third kappa shape index (κ3) is 3.59. The van der Waals surface area contributed by atoms with E-state index in [9.17, 15) is 9.59 Å². The first-order valence-corrected chi connectivity index (χ1v) is 7.09. The van der Waals surface area contributed by atoms with Crippen LogP contribution < -0.4 is 0 Å². The van der Waals surface area contributed by atoms with Gasteiger partial charge in [-0.25, -0.2) is 0 Å². The van der Waals surface area contributed by atoms with Gasteiger partial charge < -0.3 is 9.64 Å². The summed E-state index contributed by atoms with van der Waals surface area (Å²) in [7, 11) is 0. The fourth-order valence-corrected chi connectivity index (χ4v) is 2.49. The summed E-state index contributed by atoms with van der Waals surface area (Å²) < 4.78 is 5.53. The van der Waals surface area contributed by atoms with Crippen molar-refractivity contribution in [1.82, 2.24) is 4.90 Å². The molecule has 0 N–H and O–H groups in total. The van der Waals surface area contributed by atoms with Crippen LogP contribution in [0.5, 0.6) is 0 Å². The Morgan fingerprint density at radius 1 is 1.20 bits per heavy atom. The molecule has 0 bridgehead atoms. The normalized spacial score (nSPS) is 17.6. The molecular formula is C16H21NO3. The Bertz CT molecular complexity index is 464. The molecule has 4 heteroatoms. The van der Waals surface area contributed by atoms with E-state index in [1.54, 1.807) is 11.8 Å². The molecule has 0 aromatic heterocycles. The molecule has 1 fully saturated rings. The van der Waals surface area contributed by atoms with Crippen LogP contribution in [0.15, 0.2) is 30.3 Å². The number of esters is 1. The molecule has 1 unspecified atom stereocenters. The number of carbonyl (C=O) groups is 2. The van der Waals surface area contributed by atoms with Crippen molar-refractivity contribution in [1.29, 1.82) is 0 Å². The number of rotatable bonds is 3. The van der Waals surface area contributed by atoms with Crippen LogP contribution in [0.2, 0.25) is 0 Å². The molecule has 0 saturated carbocycles. The highest BCUT2D eigenvalue weighted by atomic mass is 16.5. The minimum Gasteiger partial charge on any atom is -0.458 e. The maximum Gasteiger partial charge on any atom is 0.309 e. The summed E-state index contributed by atoms with van der Waals surface area (Å²) in [6.45, 7) is 4.75. The van der Waals surface area contributed by atoms with Crippen molar-refractivity contribution in [3.63, 3.8) is 0 Å². The van der Waals surface area contributed by atoms with Crippen LogP contribution >= 0.6 is 0 Å². The molecule has 1 atom stereocenters. The average Bonchev–Trinajstić information content (AvgIpc) is 2.48. The number of hydrogen-bond donors (Lipinski definition) is 0. The van der Waals surface area contributed by atoms with Gasteiger partial charge in [0.1, 0.15) is 6.10 Å². The van der Waals surface area contributed by atoms with Crippen molar-refractivity contribution in [2.75, 3.05) is 13.1 Å². The number of benzene rings is 1. The molecule has 1 aromatic rings. The van der Waals surface area contributed by atoms with Gasteiger partial charge in [0.05, 0.1) is 5.92 Å². The van der Waals surface area contributed by atoms with E-state index >= 15 is 0 Å². The van der Waals surface area contributed by atoms with E-state index in [0.717, 1.165) is 5.56 Å². The van der Waals surface area contributed by atoms with Crippen LogP contribution in [-0.4, -0.2) is 29.9 Å². The van der Waals surface area contributed by atoms with Crippen molar-refractivity contribution in [2.45, 2.75) is 32.8 Å². The van der Waals surface area contributed by atoms with Crippen LogP contribution in [0.25, 0.3) is 0 Å². The summed E-state index contributed by atoms with van der Waals surface area (Å²) >= 11 is 0. The topological polar surface area (TPSA) is 46.6 Å². The van der Waals surface area contributed by atoms with Gasteiger partial charge in [-0.2, -0.15) is 0 Å². The van der Waals surface area contributed by atoms with Gasteiger partial charge in [0.25, 0.3) is 0 Å². The van der Waals surface area contributed by atoms with Gasteiger partial charge in [-0.3, -0.25) is 9.59 Å². The lowest BCUT2D eigenvalue weighted by atomic mass is 9.97. The summed E-state index contributed by atoms with van der Waals surface area (Å²) in [6.07, 6.45) is 1.16. The van der Waals surface area contributed by atoms with Crippen LogP contribution in [0.4, 0.5) is 0 Å². The molecule has 0 spiro atoms. The molecule has 0 aliphatic carbocycles. The first kappa shape index (κ1) is 14.6. The zero-order valence-corrected chi connectivity index (χ0v) is 12.0. The molecule has 1 aliphatic rings. The van der Waals surface area contributed by atoms with Gasteiger partial charge in [0.15, 0.2) is 0 Å². The van der Waals surface area contributed by atoms with E-state index in [1.807, 2.05) is 37.3 Å². The molecular weight excluding hydrogens is 254 g/mol. The third-order valence-electron chi connectivity index (χ3n) is 3.84. The number of nitrogens with zero attached hydrogens (tertiary/aromatic N) is 1. The number of amides is 1. The Morgan fingerprint density at radius 3 is 2.35 bits per heavy atom. The molecule has 1 heterocycles. The summed E-state index contributed by atoms with van der Waals surface area (Å²) in [5, 5.41) is 0. The molecule has 1 aliphatic heterocycles. The van der Waals surface area contributed by atoms with Crippen molar-refractivity contribution < 1.29 is 14.3 Å². The average molecular weight is 275 g/mol. The minimum atomic E-state index is -0.227. The van der Waals surface area contributed by atoms with Gasteiger partial charge in [0.2, 0.25) is 5.91 Å². The van der Waals surface area contributed by atoms with E-state index < -0.39 is 0 Å². The van der Waals surface area contributed by atoms with Crippen molar-refractivity contribution in [2.24, 2.45) is 5.92 Å². The first-order valence-electron chi connectivity index (χ1n) is 7.09. The Labute approximate surface area is 119 Å². The lowest BCUT2D eigenvalue weighted by Crippen LogP contribution is -2.39. The fraction of sp³-hybridized carbons (Fsp3) is 0.500. The van der Waals surface area contributed by atoms with Crippen LogP contribution in [0, 0.1) is 5.92 Å². The number of carbonyl (C=O) groups excluding carboxylic acids is 2. The molecule has 20 heavy (non-hydrogen) atoms. The van der Waals surface area contributed by atoms with Crippen molar-refractivity contribution >= 4 is 11.9 Å². The standard InChI is InChI=1S/C16H21NO3/c1-12(14-6-4-3-5-7-14)20-16(19)15-8-10-17(11-9-15)13(2)18/h3-7,12,15H,8-11H2,1-2H3. The predicted molar refractivity (Wildman–Crippen MR) is 75.9 cm³/mol. The second kappa shape index (κ2) is 6.55. The van der Waals surface area contributed by atoms with Crippen LogP contribution in [0.3, 0.4) is 0 Å². The number of likely N-dealkylation sites (tertiary alicyclic amines) is 1. The van der Waals surface area contributed by atoms with Gasteiger partial charge in [-0.05, 0) is 25.3 Å². The highest BCUT2D eigenvalue weighted by Gasteiger charge is 2.28. The second-order valence-electron chi connectivity index (χ2n) is 5.27. The van der Waals surface area contributed by atoms with Crippen molar-refractivity contribution in [3.05, 3.63) is 35.9 Å². The van der Waals surface area contributed by atoms with Gasteiger partial charge in [-0.1, -0.05) is 30.3 Å². The van der Waals surface area contributed by atoms with E-state index in [1.165, 1.54) is 0 Å². The smallest absolute Gasteiger partial charge is 0.309 e. The van der Waals surface area contributed by atoms with E-state index in [-0.39, 0.29) is 23.9 Å². The lowest BCUT2D eigenvalue weighted by Gasteiger charge is -2.30. The maximum atomic E-state index is 12.1. The first-order chi connectivity index (χ1) is 9.58. The highest BCUT2D eigenvalue weighted by molar-refractivity contribution is 5.75. The number of hydrogen-bond acceptors (Lipinski definition) is 3. The Kier molecular flexibility index (Phi) is 4.77. The van der Waals surface area contributed by atoms with E-state index in [2.05, 4.69) is 0 Å². The second-order valence-corrected chi connectivity index (χ2v) is 5.27. The Morgan fingerprint density at radius 2 is 1.80 bits per heavy atom. The molecule has 1 aromatic carbocycles. The van der Waals surface area contributed by atoms with Gasteiger partial charge in [0, 0.05) is 20.0 Å². The van der Waals surface area contributed by atoms with E-state index in [0.29, 0.717) is 25.9 Å². The predicted octanol–water partition coefficient (Wildman–Crippen LogP) is 2.55. The highest BCUT2D eigenvalue weighted by Crippen LogP contribution is 2.23. The number of piperidine rings is 1. The summed E-state index contributed by atoms with van der Waals surface area (Å²) in [6, 6.07) is 9.72. The Hall–Kier alpha value is -1.84. The molecule has 1 saturated heterocycles. The van der Waals surface area contributed by atoms with Gasteiger partial charge in [-0.15, -0.1) is 0 Å². The summed E-state index contributed by atoms with van der Waals surface area (Å²) in [5.74, 6) is -0.157. The van der Waals surface area contributed by atoms with E-state index in [4.69, 9.17) is 4.74 Å². The number of ether oxygens (including phenoxy) is 1. The quantitative estimate of drug-likeness (QED) is 0.796. The molecule has 0 radical (unpaired) electrons. The monoisotopic (exact) mass is 275 g/mol. The molecule has 4 nitrogen and oxygen atoms in total. The SMILES string of the molecule is CC(=O)N1CCC(C(=O)OC(C)c2ccccc2)CC1. The van der Waals surface area contributed by atoms with Gasteiger partial charge >= 0.3 is 5.97 Å². The lowest BCUT2D eigenvalue weighted by molar-refractivity contribution is -0.156. The molecule has 108 valence electrons. The summed E-state index contributed by atoms with van der Waals surface area (Å²) in [5.41, 5.74) is 1.00.